The fourth-order valence-corrected chi connectivity index (χ4v) is 2.23. The molecule has 144 valence electrons. The molecule has 8 nitrogen and oxygen atoms in total. The van der Waals surface area contributed by atoms with Gasteiger partial charge in [-0.3, -0.25) is 4.79 Å². The Morgan fingerprint density at radius 1 is 0.852 bits per heavy atom. The molecule has 27 heavy (non-hydrogen) atoms. The monoisotopic (exact) mass is 376 g/mol. The van der Waals surface area contributed by atoms with Gasteiger partial charge in [0.05, 0.1) is 37.6 Å². The van der Waals surface area contributed by atoms with Gasteiger partial charge in [0.25, 0.3) is 0 Å². The van der Waals surface area contributed by atoms with E-state index in [1.165, 1.54) is 36.4 Å². The van der Waals surface area contributed by atoms with E-state index in [0.29, 0.717) is 12.2 Å². The first kappa shape index (κ1) is 19.0. The number of phenolic OH excluding ortho intramolecular Hbond substituents is 4. The van der Waals surface area contributed by atoms with Crippen molar-refractivity contribution in [1.29, 1.82) is 0 Å². The van der Waals surface area contributed by atoms with Crippen LogP contribution < -0.4 is 0 Å². The second kappa shape index (κ2) is 8.26. The van der Waals surface area contributed by atoms with Crippen molar-refractivity contribution in [3.63, 3.8) is 0 Å². The Hall–Kier alpha value is -2.81. The number of ether oxygens (including phenoxy) is 3. The van der Waals surface area contributed by atoms with Crippen molar-refractivity contribution in [2.24, 2.45) is 0 Å². The van der Waals surface area contributed by atoms with Crippen LogP contribution in [0.3, 0.4) is 0 Å². The lowest BCUT2D eigenvalue weighted by Gasteiger charge is -2.07. The second-order valence-electron chi connectivity index (χ2n) is 6.12. The minimum Gasteiger partial charge on any atom is -0.504 e. The molecule has 2 heterocycles. The summed E-state index contributed by atoms with van der Waals surface area (Å²) in [5, 5.41) is 37.8. The summed E-state index contributed by atoms with van der Waals surface area (Å²) in [6.07, 6.45) is 0.785. The van der Waals surface area contributed by atoms with Crippen molar-refractivity contribution < 1.29 is 39.4 Å². The molecular weight excluding hydrogens is 356 g/mol. The van der Waals surface area contributed by atoms with Crippen molar-refractivity contribution in [3.8, 4) is 23.0 Å². The van der Waals surface area contributed by atoms with Crippen molar-refractivity contribution in [2.75, 3.05) is 26.4 Å². The Kier molecular flexibility index (Phi) is 5.80. The SMILES string of the molecule is C(OCC1CO1)C1CO1.O=C(c1cccc(O)c1O)c1cccc(O)c1O. The van der Waals surface area contributed by atoms with Gasteiger partial charge in [0.1, 0.15) is 12.2 Å². The van der Waals surface area contributed by atoms with E-state index < -0.39 is 28.8 Å². The Bertz CT molecular complexity index is 746. The molecule has 2 saturated heterocycles. The molecule has 4 N–H and O–H groups in total. The molecule has 0 saturated carbocycles. The lowest BCUT2D eigenvalue weighted by atomic mass is 10.0. The smallest absolute Gasteiger partial charge is 0.200 e. The number of epoxide rings is 2. The van der Waals surface area contributed by atoms with E-state index in [2.05, 4.69) is 0 Å². The third-order valence-corrected chi connectivity index (χ3v) is 3.93. The van der Waals surface area contributed by atoms with E-state index in [1.807, 2.05) is 0 Å². The molecule has 2 aliphatic rings. The standard InChI is InChI=1S/C13H10O5.C6H10O3/c14-9-5-1-3-7(12(9)17)11(16)8-4-2-6-10(15)13(8)18;1(5-3-8-5)7-2-6-4-9-6/h1-6,14-15,17-18H;5-6H,1-4H2. The predicted molar refractivity (Wildman–Crippen MR) is 93.3 cm³/mol. The number of carbonyl (C=O) groups excluding carboxylic acids is 1. The number of ketones is 1. The number of benzene rings is 2. The van der Waals surface area contributed by atoms with Crippen LogP contribution in [0.1, 0.15) is 15.9 Å². The molecule has 2 atom stereocenters. The molecule has 2 aromatic carbocycles. The van der Waals surface area contributed by atoms with Crippen LogP contribution in [-0.4, -0.2) is 64.8 Å². The van der Waals surface area contributed by atoms with Gasteiger partial charge < -0.3 is 34.6 Å². The Morgan fingerprint density at radius 3 is 1.63 bits per heavy atom. The summed E-state index contributed by atoms with van der Waals surface area (Å²) < 4.78 is 15.1. The average molecular weight is 376 g/mol. The van der Waals surface area contributed by atoms with Crippen LogP contribution >= 0.6 is 0 Å². The van der Waals surface area contributed by atoms with Gasteiger partial charge in [0, 0.05) is 0 Å². The summed E-state index contributed by atoms with van der Waals surface area (Å²) in [7, 11) is 0. The maximum Gasteiger partial charge on any atom is 0.200 e. The lowest BCUT2D eigenvalue weighted by molar-refractivity contribution is 0.102. The van der Waals surface area contributed by atoms with Gasteiger partial charge in [-0.15, -0.1) is 0 Å². The fourth-order valence-electron chi connectivity index (χ4n) is 2.23. The largest absolute Gasteiger partial charge is 0.504 e. The van der Waals surface area contributed by atoms with Gasteiger partial charge in [0.2, 0.25) is 5.78 Å². The topological polar surface area (TPSA) is 132 Å². The van der Waals surface area contributed by atoms with Crippen molar-refractivity contribution in [2.45, 2.75) is 12.2 Å². The van der Waals surface area contributed by atoms with Crippen LogP contribution in [0, 0.1) is 0 Å². The van der Waals surface area contributed by atoms with Gasteiger partial charge in [0.15, 0.2) is 23.0 Å². The van der Waals surface area contributed by atoms with E-state index in [4.69, 9.17) is 14.2 Å². The fraction of sp³-hybridized carbons (Fsp3) is 0.316. The summed E-state index contributed by atoms with van der Waals surface area (Å²) in [4.78, 5) is 12.1. The van der Waals surface area contributed by atoms with Crippen molar-refractivity contribution >= 4 is 5.78 Å². The first-order valence-corrected chi connectivity index (χ1v) is 8.35. The van der Waals surface area contributed by atoms with Gasteiger partial charge in [-0.1, -0.05) is 12.1 Å². The molecule has 0 spiro atoms. The second-order valence-corrected chi connectivity index (χ2v) is 6.12. The summed E-state index contributed by atoms with van der Waals surface area (Å²) >= 11 is 0. The quantitative estimate of drug-likeness (QED) is 0.339. The maximum absolute atomic E-state index is 12.1. The average Bonchev–Trinajstić information content (AvgIpc) is 3.55. The number of hydrogen-bond donors (Lipinski definition) is 4. The van der Waals surface area contributed by atoms with Crippen molar-refractivity contribution in [3.05, 3.63) is 47.5 Å². The molecule has 2 aromatic rings. The number of phenols is 4. The van der Waals surface area contributed by atoms with E-state index in [0.717, 1.165) is 26.4 Å². The molecular formula is C19H20O8. The Labute approximate surface area is 155 Å². The summed E-state index contributed by atoms with van der Waals surface area (Å²) in [5.41, 5.74) is -0.313. The summed E-state index contributed by atoms with van der Waals surface area (Å²) in [5.74, 6) is -2.69. The number of carbonyl (C=O) groups is 1. The van der Waals surface area contributed by atoms with Crippen LogP contribution in [-0.2, 0) is 14.2 Å². The van der Waals surface area contributed by atoms with Gasteiger partial charge in [-0.25, -0.2) is 0 Å². The molecule has 2 fully saturated rings. The van der Waals surface area contributed by atoms with Crippen LogP contribution in [0.15, 0.2) is 36.4 Å². The zero-order chi connectivity index (χ0) is 19.4. The molecule has 0 radical (unpaired) electrons. The van der Waals surface area contributed by atoms with E-state index in [9.17, 15) is 25.2 Å². The third-order valence-electron chi connectivity index (χ3n) is 3.93. The highest BCUT2D eigenvalue weighted by molar-refractivity contribution is 6.12. The van der Waals surface area contributed by atoms with Crippen LogP contribution in [0.25, 0.3) is 0 Å². The first-order chi connectivity index (χ1) is 13.0. The molecule has 8 heteroatoms. The molecule has 0 aliphatic carbocycles. The zero-order valence-corrected chi connectivity index (χ0v) is 14.4. The number of para-hydroxylation sites is 2. The molecule has 0 amide bonds. The first-order valence-electron chi connectivity index (χ1n) is 8.35. The van der Waals surface area contributed by atoms with Gasteiger partial charge in [-0.2, -0.15) is 0 Å². The highest BCUT2D eigenvalue weighted by Gasteiger charge is 2.26. The minimum atomic E-state index is -0.697. The molecule has 4 rings (SSSR count). The predicted octanol–water partition coefficient (Wildman–Crippen LogP) is 1.54. The van der Waals surface area contributed by atoms with Gasteiger partial charge in [-0.05, 0) is 24.3 Å². The summed E-state index contributed by atoms with van der Waals surface area (Å²) in [6, 6.07) is 7.86. The molecule has 0 aromatic heterocycles. The Balaban J connectivity index is 0.000000193. The lowest BCUT2D eigenvalue weighted by Crippen LogP contribution is -2.06. The van der Waals surface area contributed by atoms with Gasteiger partial charge >= 0.3 is 0 Å². The van der Waals surface area contributed by atoms with Crippen LogP contribution in [0.2, 0.25) is 0 Å². The highest BCUT2D eigenvalue weighted by atomic mass is 16.6. The minimum absolute atomic E-state index is 0.157. The summed E-state index contributed by atoms with van der Waals surface area (Å²) in [6.45, 7) is 3.26. The third kappa shape index (κ3) is 5.10. The normalized spacial score (nSPS) is 19.7. The van der Waals surface area contributed by atoms with Crippen LogP contribution in [0.5, 0.6) is 23.0 Å². The van der Waals surface area contributed by atoms with Crippen LogP contribution in [0.4, 0.5) is 0 Å². The molecule has 2 unspecified atom stereocenters. The molecule has 0 bridgehead atoms. The van der Waals surface area contributed by atoms with E-state index in [1.54, 1.807) is 0 Å². The zero-order valence-electron chi connectivity index (χ0n) is 14.4. The van der Waals surface area contributed by atoms with E-state index in [-0.39, 0.29) is 11.1 Å². The number of hydrogen-bond acceptors (Lipinski definition) is 8. The van der Waals surface area contributed by atoms with E-state index >= 15 is 0 Å². The number of aromatic hydroxyl groups is 4. The highest BCUT2D eigenvalue weighted by Crippen LogP contribution is 2.34. The number of rotatable bonds is 6. The van der Waals surface area contributed by atoms with Crippen molar-refractivity contribution in [1.82, 2.24) is 0 Å². The molecule has 2 aliphatic heterocycles. The Morgan fingerprint density at radius 2 is 1.26 bits per heavy atom. The maximum atomic E-state index is 12.1.